The summed E-state index contributed by atoms with van der Waals surface area (Å²) < 4.78 is 11.0. The molecule has 0 radical (unpaired) electrons. The average molecular weight is 339 g/mol. The van der Waals surface area contributed by atoms with Crippen LogP contribution in [-0.4, -0.2) is 17.8 Å². The van der Waals surface area contributed by atoms with Gasteiger partial charge < -0.3 is 9.47 Å². The van der Waals surface area contributed by atoms with Crippen molar-refractivity contribution in [1.29, 1.82) is 0 Å². The quantitative estimate of drug-likeness (QED) is 0.608. The van der Waals surface area contributed by atoms with Gasteiger partial charge in [-0.3, -0.25) is 10.1 Å². The zero-order chi connectivity index (χ0) is 17.6. The lowest BCUT2D eigenvalue weighted by Gasteiger charge is -2.16. The van der Waals surface area contributed by atoms with Crippen molar-refractivity contribution in [3.8, 4) is 11.5 Å². The van der Waals surface area contributed by atoms with Crippen LogP contribution in [0.5, 0.6) is 11.5 Å². The molecule has 2 aliphatic heterocycles. The van der Waals surface area contributed by atoms with Crippen LogP contribution in [0, 0.1) is 17.0 Å². The van der Waals surface area contributed by atoms with E-state index in [1.807, 2.05) is 25.1 Å². The molecule has 2 aliphatic rings. The van der Waals surface area contributed by atoms with Gasteiger partial charge in [-0.05, 0) is 61.2 Å². The number of hydrogen-bond donors (Lipinski definition) is 0. The first-order chi connectivity index (χ1) is 12.0. The van der Waals surface area contributed by atoms with Gasteiger partial charge in [-0.15, -0.1) is 0 Å². The Labute approximate surface area is 144 Å². The van der Waals surface area contributed by atoms with Crippen molar-refractivity contribution >= 4 is 5.69 Å². The van der Waals surface area contributed by atoms with Crippen molar-refractivity contribution in [3.63, 3.8) is 0 Å². The number of hydrogen-bond acceptors (Lipinski definition) is 6. The Morgan fingerprint density at radius 3 is 2.64 bits per heavy atom. The number of nitro groups is 1. The van der Waals surface area contributed by atoms with Gasteiger partial charge in [-0.25, -0.2) is 0 Å². The van der Waals surface area contributed by atoms with Crippen molar-refractivity contribution in [2.24, 2.45) is 10.2 Å². The first-order valence-electron chi connectivity index (χ1n) is 8.10. The number of nitrogens with zero attached hydrogens (tertiary/aromatic N) is 3. The Kier molecular flexibility index (Phi) is 3.63. The summed E-state index contributed by atoms with van der Waals surface area (Å²) in [5, 5.41) is 20.0. The summed E-state index contributed by atoms with van der Waals surface area (Å²) in [4.78, 5) is 10.7. The van der Waals surface area contributed by atoms with E-state index in [1.54, 1.807) is 13.0 Å². The molecule has 2 atom stereocenters. The highest BCUT2D eigenvalue weighted by Crippen LogP contribution is 2.42. The van der Waals surface area contributed by atoms with Crippen molar-refractivity contribution < 1.29 is 14.4 Å². The highest BCUT2D eigenvalue weighted by atomic mass is 16.7. The minimum Gasteiger partial charge on any atom is -0.454 e. The molecule has 2 unspecified atom stereocenters. The van der Waals surface area contributed by atoms with E-state index in [4.69, 9.17) is 9.47 Å². The van der Waals surface area contributed by atoms with Crippen molar-refractivity contribution in [1.82, 2.24) is 0 Å². The van der Waals surface area contributed by atoms with Gasteiger partial charge in [0.25, 0.3) is 5.69 Å². The third-order valence-electron chi connectivity index (χ3n) is 4.56. The molecule has 2 heterocycles. The molecular weight excluding hydrogens is 322 g/mol. The molecule has 25 heavy (non-hydrogen) atoms. The van der Waals surface area contributed by atoms with E-state index in [0.29, 0.717) is 11.3 Å². The lowest BCUT2D eigenvalue weighted by atomic mass is 9.91. The Hall–Kier alpha value is -2.96. The van der Waals surface area contributed by atoms with Crippen LogP contribution in [0.2, 0.25) is 0 Å². The number of nitro benzene ring substituents is 1. The number of rotatable bonds is 2. The fraction of sp³-hybridized carbons (Fsp3) is 0.333. The Morgan fingerprint density at radius 2 is 1.92 bits per heavy atom. The fourth-order valence-electron chi connectivity index (χ4n) is 3.33. The summed E-state index contributed by atoms with van der Waals surface area (Å²) in [6.45, 7) is 3.97. The summed E-state index contributed by atoms with van der Waals surface area (Å²) in [6.07, 6.45) is 0.762. The molecule has 128 valence electrons. The molecule has 7 nitrogen and oxygen atoms in total. The lowest BCUT2D eigenvalue weighted by Crippen LogP contribution is -2.04. The second kappa shape index (κ2) is 5.84. The third kappa shape index (κ3) is 2.71. The first kappa shape index (κ1) is 15.6. The molecule has 0 aliphatic carbocycles. The van der Waals surface area contributed by atoms with Crippen molar-refractivity contribution in [2.75, 3.05) is 6.79 Å². The number of aryl methyl sites for hydroxylation is 1. The minimum absolute atomic E-state index is 0.0586. The fourth-order valence-corrected chi connectivity index (χ4v) is 3.33. The van der Waals surface area contributed by atoms with Gasteiger partial charge in [0.05, 0.1) is 11.0 Å². The SMILES string of the molecule is Cc1cc(C2N=NC(C)Cc3cc4c(cc32)OCO4)ccc1[N+](=O)[O-]. The van der Waals surface area contributed by atoms with Gasteiger partial charge in [0.2, 0.25) is 6.79 Å². The Morgan fingerprint density at radius 1 is 1.16 bits per heavy atom. The van der Waals surface area contributed by atoms with E-state index in [0.717, 1.165) is 28.9 Å². The van der Waals surface area contributed by atoms with E-state index in [2.05, 4.69) is 10.2 Å². The second-order valence-corrected chi connectivity index (χ2v) is 6.39. The molecule has 0 fully saturated rings. The monoisotopic (exact) mass is 339 g/mol. The van der Waals surface area contributed by atoms with Crippen LogP contribution in [0.1, 0.15) is 35.2 Å². The molecule has 4 rings (SSSR count). The van der Waals surface area contributed by atoms with Gasteiger partial charge in [0, 0.05) is 11.6 Å². The first-order valence-corrected chi connectivity index (χ1v) is 8.10. The van der Waals surface area contributed by atoms with Crippen LogP contribution in [0.3, 0.4) is 0 Å². The smallest absolute Gasteiger partial charge is 0.272 e. The van der Waals surface area contributed by atoms with Crippen LogP contribution in [0.4, 0.5) is 5.69 Å². The number of ether oxygens (including phenoxy) is 2. The van der Waals surface area contributed by atoms with Crippen LogP contribution >= 0.6 is 0 Å². The standard InChI is InChI=1S/C18H17N3O4/c1-10-5-12(3-4-15(10)21(22)23)18-14-8-17-16(24-9-25-17)7-13(14)6-11(2)19-20-18/h3-5,7-8,11,18H,6,9H2,1-2H3. The maximum atomic E-state index is 11.1. The number of fused-ring (bicyclic) bond motifs is 2. The van der Waals surface area contributed by atoms with Crippen molar-refractivity contribution in [3.05, 3.63) is 62.7 Å². The molecule has 2 aromatic rings. The molecule has 0 amide bonds. The topological polar surface area (TPSA) is 86.3 Å². The minimum atomic E-state index is -0.373. The summed E-state index contributed by atoms with van der Waals surface area (Å²) in [7, 11) is 0. The van der Waals surface area contributed by atoms with E-state index in [1.165, 1.54) is 6.07 Å². The normalized spacial score (nSPS) is 20.9. The van der Waals surface area contributed by atoms with E-state index in [-0.39, 0.29) is 29.5 Å². The highest BCUT2D eigenvalue weighted by Gasteiger charge is 2.27. The largest absolute Gasteiger partial charge is 0.454 e. The highest BCUT2D eigenvalue weighted by molar-refractivity contribution is 5.53. The van der Waals surface area contributed by atoms with Crippen LogP contribution in [0.15, 0.2) is 40.6 Å². The molecule has 0 saturated carbocycles. The lowest BCUT2D eigenvalue weighted by molar-refractivity contribution is -0.385. The summed E-state index contributed by atoms with van der Waals surface area (Å²) >= 11 is 0. The van der Waals surface area contributed by atoms with Crippen molar-refractivity contribution in [2.45, 2.75) is 32.4 Å². The van der Waals surface area contributed by atoms with Gasteiger partial charge in [0.1, 0.15) is 6.04 Å². The second-order valence-electron chi connectivity index (χ2n) is 6.39. The van der Waals surface area contributed by atoms with E-state index in [9.17, 15) is 10.1 Å². The zero-order valence-electron chi connectivity index (χ0n) is 13.9. The maximum Gasteiger partial charge on any atom is 0.272 e. The predicted octanol–water partition coefficient (Wildman–Crippen LogP) is 4.12. The molecule has 2 aromatic carbocycles. The molecule has 0 bridgehead atoms. The van der Waals surface area contributed by atoms with Gasteiger partial charge >= 0.3 is 0 Å². The van der Waals surface area contributed by atoms with E-state index < -0.39 is 0 Å². The Balaban J connectivity index is 1.84. The number of benzene rings is 2. The average Bonchev–Trinajstić information content (AvgIpc) is 2.95. The maximum absolute atomic E-state index is 11.1. The van der Waals surface area contributed by atoms with Gasteiger partial charge in [0.15, 0.2) is 11.5 Å². The molecular formula is C18H17N3O4. The molecule has 0 aromatic heterocycles. The van der Waals surface area contributed by atoms with Gasteiger partial charge in [-0.1, -0.05) is 0 Å². The third-order valence-corrected chi connectivity index (χ3v) is 4.56. The summed E-state index contributed by atoms with van der Waals surface area (Å²) in [5.74, 6) is 1.44. The molecule has 0 saturated heterocycles. The summed E-state index contributed by atoms with van der Waals surface area (Å²) in [5.41, 5.74) is 3.71. The van der Waals surface area contributed by atoms with Gasteiger partial charge in [-0.2, -0.15) is 10.2 Å². The predicted molar refractivity (Wildman–Crippen MR) is 90.3 cm³/mol. The molecule has 0 spiro atoms. The van der Waals surface area contributed by atoms with Crippen LogP contribution in [-0.2, 0) is 6.42 Å². The van der Waals surface area contributed by atoms with E-state index >= 15 is 0 Å². The molecule has 0 N–H and O–H groups in total. The van der Waals surface area contributed by atoms with Crippen LogP contribution < -0.4 is 9.47 Å². The van der Waals surface area contributed by atoms with Crippen LogP contribution in [0.25, 0.3) is 0 Å². The summed E-state index contributed by atoms with van der Waals surface area (Å²) in [6, 6.07) is 8.79. The zero-order valence-corrected chi connectivity index (χ0v) is 13.9. The molecule has 7 heteroatoms. The number of azo groups is 1. The Bertz CT molecular complexity index is 894.